The van der Waals surface area contributed by atoms with Crippen molar-refractivity contribution in [2.75, 3.05) is 26.0 Å². The van der Waals surface area contributed by atoms with E-state index >= 15 is 0 Å². The van der Waals surface area contributed by atoms with Crippen molar-refractivity contribution >= 4 is 33.0 Å². The Balaban J connectivity index is 2.04. The second-order valence-electron chi connectivity index (χ2n) is 4.00. The monoisotopic (exact) mass is 253 g/mol. The fourth-order valence-electron chi connectivity index (χ4n) is 1.79. The van der Waals surface area contributed by atoms with Crippen molar-refractivity contribution in [3.05, 3.63) is 35.2 Å². The molecule has 0 fully saturated rings. The quantitative estimate of drug-likeness (QED) is 0.736. The molecule has 0 bridgehead atoms. The van der Waals surface area contributed by atoms with Crippen LogP contribution in [0, 0.1) is 0 Å². The molecule has 1 aromatic heterocycles. The van der Waals surface area contributed by atoms with Crippen molar-refractivity contribution in [3.8, 4) is 0 Å². The van der Waals surface area contributed by atoms with E-state index in [1.165, 1.54) is 15.6 Å². The number of likely N-dealkylation sites (N-methyl/N-ethyl adjacent to an activating group) is 1. The van der Waals surface area contributed by atoms with Crippen LogP contribution in [0.25, 0.3) is 10.1 Å². The van der Waals surface area contributed by atoms with E-state index in [2.05, 4.69) is 41.6 Å². The Morgan fingerprint density at radius 3 is 2.88 bits per heavy atom. The number of halogens is 1. The summed E-state index contributed by atoms with van der Waals surface area (Å²) in [5.74, 6) is 0.709. The first-order valence-corrected chi connectivity index (χ1v) is 6.92. The van der Waals surface area contributed by atoms with Crippen LogP contribution in [0.1, 0.15) is 5.56 Å². The van der Waals surface area contributed by atoms with E-state index in [1.54, 1.807) is 0 Å². The zero-order chi connectivity index (χ0) is 11.4. The van der Waals surface area contributed by atoms with Crippen LogP contribution in [0.2, 0.25) is 0 Å². The van der Waals surface area contributed by atoms with Gasteiger partial charge in [-0.1, -0.05) is 18.2 Å². The van der Waals surface area contributed by atoms with E-state index in [0.29, 0.717) is 5.88 Å². The van der Waals surface area contributed by atoms with Crippen LogP contribution in [-0.2, 0) is 6.42 Å². The zero-order valence-electron chi connectivity index (χ0n) is 9.45. The highest BCUT2D eigenvalue weighted by atomic mass is 35.5. The number of thiophene rings is 1. The normalized spacial score (nSPS) is 11.4. The predicted octanol–water partition coefficient (Wildman–Crippen LogP) is 3.61. The first kappa shape index (κ1) is 11.9. The molecular weight excluding hydrogens is 238 g/mol. The Labute approximate surface area is 106 Å². The number of hydrogen-bond acceptors (Lipinski definition) is 2. The molecule has 86 valence electrons. The average Bonchev–Trinajstić information content (AvgIpc) is 2.70. The Kier molecular flexibility index (Phi) is 4.22. The van der Waals surface area contributed by atoms with Gasteiger partial charge in [-0.25, -0.2) is 0 Å². The van der Waals surface area contributed by atoms with Crippen LogP contribution in [0.5, 0.6) is 0 Å². The molecule has 16 heavy (non-hydrogen) atoms. The van der Waals surface area contributed by atoms with E-state index in [-0.39, 0.29) is 0 Å². The molecule has 0 spiro atoms. The number of fused-ring (bicyclic) bond motifs is 1. The molecule has 0 saturated heterocycles. The molecule has 2 aromatic rings. The molecule has 0 N–H and O–H groups in total. The van der Waals surface area contributed by atoms with Crippen molar-refractivity contribution in [3.63, 3.8) is 0 Å². The summed E-state index contributed by atoms with van der Waals surface area (Å²) < 4.78 is 1.39. The molecule has 0 radical (unpaired) electrons. The molecule has 0 aliphatic carbocycles. The van der Waals surface area contributed by atoms with Gasteiger partial charge in [0.1, 0.15) is 0 Å². The summed E-state index contributed by atoms with van der Waals surface area (Å²) in [7, 11) is 2.12. The van der Waals surface area contributed by atoms with E-state index in [1.807, 2.05) is 11.3 Å². The Bertz CT molecular complexity index is 452. The summed E-state index contributed by atoms with van der Waals surface area (Å²) >= 11 is 7.55. The van der Waals surface area contributed by atoms with E-state index in [9.17, 15) is 0 Å². The van der Waals surface area contributed by atoms with Gasteiger partial charge >= 0.3 is 0 Å². The number of benzene rings is 1. The van der Waals surface area contributed by atoms with Gasteiger partial charge in [-0.05, 0) is 35.9 Å². The highest BCUT2D eigenvalue weighted by Gasteiger charge is 2.04. The Morgan fingerprint density at radius 2 is 2.06 bits per heavy atom. The van der Waals surface area contributed by atoms with Crippen molar-refractivity contribution in [2.24, 2.45) is 0 Å². The Morgan fingerprint density at radius 1 is 1.25 bits per heavy atom. The molecule has 1 nitrogen and oxygen atoms in total. The molecular formula is C13H16ClNS. The first-order chi connectivity index (χ1) is 7.81. The van der Waals surface area contributed by atoms with Crippen LogP contribution in [-0.4, -0.2) is 30.9 Å². The summed E-state index contributed by atoms with van der Waals surface area (Å²) in [5.41, 5.74) is 1.46. The second-order valence-corrected chi connectivity index (χ2v) is 5.29. The summed E-state index contributed by atoms with van der Waals surface area (Å²) in [5, 5.41) is 3.69. The average molecular weight is 254 g/mol. The lowest BCUT2D eigenvalue weighted by Crippen LogP contribution is -2.23. The fourth-order valence-corrected chi connectivity index (χ4v) is 3.08. The summed E-state index contributed by atoms with van der Waals surface area (Å²) in [6, 6.07) is 8.61. The predicted molar refractivity (Wildman–Crippen MR) is 73.7 cm³/mol. The molecule has 3 heteroatoms. The number of alkyl halides is 1. The third kappa shape index (κ3) is 2.76. The maximum Gasteiger partial charge on any atom is 0.0351 e. The lowest BCUT2D eigenvalue weighted by Gasteiger charge is -2.14. The highest BCUT2D eigenvalue weighted by molar-refractivity contribution is 7.17. The van der Waals surface area contributed by atoms with Crippen LogP contribution < -0.4 is 0 Å². The minimum atomic E-state index is 0.709. The van der Waals surface area contributed by atoms with Gasteiger partial charge in [-0.15, -0.1) is 22.9 Å². The lowest BCUT2D eigenvalue weighted by molar-refractivity contribution is 0.360. The molecule has 1 heterocycles. The largest absolute Gasteiger partial charge is 0.305 e. The SMILES string of the molecule is CN(CCCl)CCc1csc2ccccc12. The van der Waals surface area contributed by atoms with Crippen LogP contribution in [0.4, 0.5) is 0 Å². The van der Waals surface area contributed by atoms with E-state index < -0.39 is 0 Å². The topological polar surface area (TPSA) is 3.24 Å². The maximum atomic E-state index is 5.71. The van der Waals surface area contributed by atoms with Gasteiger partial charge in [0.2, 0.25) is 0 Å². The van der Waals surface area contributed by atoms with Gasteiger partial charge in [0.05, 0.1) is 0 Å². The van der Waals surface area contributed by atoms with Crippen molar-refractivity contribution < 1.29 is 0 Å². The lowest BCUT2D eigenvalue weighted by atomic mass is 10.1. The van der Waals surface area contributed by atoms with Crippen molar-refractivity contribution in [2.45, 2.75) is 6.42 Å². The molecule has 0 atom stereocenters. The number of rotatable bonds is 5. The Hall–Kier alpha value is -0.570. The highest BCUT2D eigenvalue weighted by Crippen LogP contribution is 2.25. The fraction of sp³-hybridized carbons (Fsp3) is 0.385. The van der Waals surface area contributed by atoms with E-state index in [4.69, 9.17) is 11.6 Å². The van der Waals surface area contributed by atoms with Gasteiger partial charge in [-0.2, -0.15) is 0 Å². The third-order valence-corrected chi connectivity index (χ3v) is 3.97. The molecule has 0 aliphatic rings. The minimum Gasteiger partial charge on any atom is -0.305 e. The van der Waals surface area contributed by atoms with E-state index in [0.717, 1.165) is 19.5 Å². The van der Waals surface area contributed by atoms with Crippen LogP contribution in [0.15, 0.2) is 29.6 Å². The molecule has 0 aliphatic heterocycles. The summed E-state index contributed by atoms with van der Waals surface area (Å²) in [6.07, 6.45) is 1.11. The summed E-state index contributed by atoms with van der Waals surface area (Å²) in [4.78, 5) is 2.28. The minimum absolute atomic E-state index is 0.709. The standard InChI is InChI=1S/C13H16ClNS/c1-15(9-7-14)8-6-11-10-16-13-5-3-2-4-12(11)13/h2-5,10H,6-9H2,1H3. The van der Waals surface area contributed by atoms with Crippen molar-refractivity contribution in [1.29, 1.82) is 0 Å². The molecule has 0 amide bonds. The van der Waals surface area contributed by atoms with Gasteiger partial charge < -0.3 is 4.90 Å². The van der Waals surface area contributed by atoms with Crippen molar-refractivity contribution in [1.82, 2.24) is 4.90 Å². The zero-order valence-corrected chi connectivity index (χ0v) is 11.0. The van der Waals surface area contributed by atoms with Gasteiger partial charge in [0, 0.05) is 23.7 Å². The molecule has 0 saturated carbocycles. The third-order valence-electron chi connectivity index (χ3n) is 2.79. The van der Waals surface area contributed by atoms with Gasteiger partial charge in [0.15, 0.2) is 0 Å². The number of hydrogen-bond donors (Lipinski definition) is 0. The summed E-state index contributed by atoms with van der Waals surface area (Å²) in [6.45, 7) is 2.04. The molecule has 1 aromatic carbocycles. The first-order valence-electron chi connectivity index (χ1n) is 5.51. The second kappa shape index (κ2) is 5.67. The smallest absolute Gasteiger partial charge is 0.0351 e. The molecule has 2 rings (SSSR count). The maximum absolute atomic E-state index is 5.71. The number of nitrogens with zero attached hydrogens (tertiary/aromatic N) is 1. The molecule has 0 unspecified atom stereocenters. The van der Waals surface area contributed by atoms with Gasteiger partial charge in [-0.3, -0.25) is 0 Å². The van der Waals surface area contributed by atoms with Gasteiger partial charge in [0.25, 0.3) is 0 Å². The van der Waals surface area contributed by atoms with Crippen LogP contribution in [0.3, 0.4) is 0 Å². The van der Waals surface area contributed by atoms with Crippen LogP contribution >= 0.6 is 22.9 Å².